The fourth-order valence-corrected chi connectivity index (χ4v) is 3.90. The van der Waals surface area contributed by atoms with Gasteiger partial charge < -0.3 is 25.0 Å². The molecule has 1 atom stereocenters. The van der Waals surface area contributed by atoms with E-state index in [2.05, 4.69) is 10.6 Å². The maximum Gasteiger partial charge on any atom is 0.321 e. The number of ether oxygens (including phenoxy) is 2. The van der Waals surface area contributed by atoms with Gasteiger partial charge in [-0.1, -0.05) is 24.3 Å². The Bertz CT molecular complexity index is 946. The van der Waals surface area contributed by atoms with Gasteiger partial charge in [-0.05, 0) is 49.9 Å². The van der Waals surface area contributed by atoms with Crippen LogP contribution in [0.3, 0.4) is 0 Å². The molecule has 2 aromatic carbocycles. The van der Waals surface area contributed by atoms with Crippen LogP contribution in [0.4, 0.5) is 10.5 Å². The standard InChI is InChI=1S/C24H31N3O4/c1-17-8-5-6-9-18(17)15-25-22(28)24(2)12-7-13-27(16-24)23(29)26-20-14-19(30-3)10-11-21(20)31-4/h5-6,8-11,14H,7,12-13,15-16H2,1-4H3,(H,25,28)(H,26,29)/t24-/m1/s1. The first kappa shape index (κ1) is 22.5. The first-order chi connectivity index (χ1) is 14.9. The fourth-order valence-electron chi connectivity index (χ4n) is 3.90. The molecule has 0 spiro atoms. The summed E-state index contributed by atoms with van der Waals surface area (Å²) in [7, 11) is 3.12. The van der Waals surface area contributed by atoms with E-state index in [-0.39, 0.29) is 11.9 Å². The maximum atomic E-state index is 13.0. The molecule has 166 valence electrons. The molecule has 0 saturated carbocycles. The van der Waals surface area contributed by atoms with Crippen molar-refractivity contribution in [2.24, 2.45) is 5.41 Å². The monoisotopic (exact) mass is 425 g/mol. The molecule has 3 rings (SSSR count). The zero-order chi connectivity index (χ0) is 22.4. The molecule has 7 heteroatoms. The predicted octanol–water partition coefficient (Wildman–Crippen LogP) is 3.96. The third-order valence-electron chi connectivity index (χ3n) is 5.88. The van der Waals surface area contributed by atoms with Crippen LogP contribution in [-0.2, 0) is 11.3 Å². The van der Waals surface area contributed by atoms with E-state index in [0.29, 0.717) is 36.8 Å². The Hall–Kier alpha value is -3.22. The van der Waals surface area contributed by atoms with Crippen molar-refractivity contribution in [3.8, 4) is 11.5 Å². The third-order valence-corrected chi connectivity index (χ3v) is 5.88. The van der Waals surface area contributed by atoms with Gasteiger partial charge in [-0.15, -0.1) is 0 Å². The molecule has 0 aliphatic carbocycles. The summed E-state index contributed by atoms with van der Waals surface area (Å²) in [5, 5.41) is 5.96. The Balaban J connectivity index is 1.65. The number of likely N-dealkylation sites (tertiary alicyclic amines) is 1. The van der Waals surface area contributed by atoms with E-state index in [1.54, 1.807) is 37.3 Å². The molecule has 31 heavy (non-hydrogen) atoms. The minimum Gasteiger partial charge on any atom is -0.497 e. The number of methoxy groups -OCH3 is 2. The number of benzene rings is 2. The highest BCUT2D eigenvalue weighted by Crippen LogP contribution is 2.32. The van der Waals surface area contributed by atoms with Gasteiger partial charge in [-0.3, -0.25) is 4.79 Å². The van der Waals surface area contributed by atoms with E-state index >= 15 is 0 Å². The number of anilines is 1. The first-order valence-corrected chi connectivity index (χ1v) is 10.5. The molecule has 0 bridgehead atoms. The molecule has 1 aliphatic rings. The summed E-state index contributed by atoms with van der Waals surface area (Å²) in [4.78, 5) is 27.7. The summed E-state index contributed by atoms with van der Waals surface area (Å²) in [5.41, 5.74) is 2.12. The van der Waals surface area contributed by atoms with Gasteiger partial charge in [0.25, 0.3) is 0 Å². The topological polar surface area (TPSA) is 79.9 Å². The number of nitrogens with zero attached hydrogens (tertiary/aromatic N) is 1. The predicted molar refractivity (Wildman–Crippen MR) is 121 cm³/mol. The van der Waals surface area contributed by atoms with E-state index in [1.165, 1.54) is 0 Å². The maximum absolute atomic E-state index is 13.0. The molecule has 3 amide bonds. The number of aryl methyl sites for hydroxylation is 1. The number of rotatable bonds is 6. The minimum atomic E-state index is -0.642. The normalized spacial score (nSPS) is 18.3. The SMILES string of the molecule is COc1ccc(OC)c(NC(=O)N2CCC[C@@](C)(C(=O)NCc3ccccc3C)C2)c1. The van der Waals surface area contributed by atoms with Crippen LogP contribution in [0.1, 0.15) is 30.9 Å². The number of carbonyl (C=O) groups is 2. The Kier molecular flexibility index (Phi) is 7.05. The molecule has 1 fully saturated rings. The molecule has 2 aromatic rings. The average Bonchev–Trinajstić information content (AvgIpc) is 2.78. The lowest BCUT2D eigenvalue weighted by atomic mass is 9.81. The highest BCUT2D eigenvalue weighted by atomic mass is 16.5. The first-order valence-electron chi connectivity index (χ1n) is 10.5. The molecular weight excluding hydrogens is 394 g/mol. The Labute approximate surface area is 183 Å². The number of hydrogen-bond acceptors (Lipinski definition) is 4. The van der Waals surface area contributed by atoms with Crippen LogP contribution in [-0.4, -0.2) is 44.1 Å². The zero-order valence-electron chi connectivity index (χ0n) is 18.7. The summed E-state index contributed by atoms with van der Waals surface area (Å²) < 4.78 is 10.6. The summed E-state index contributed by atoms with van der Waals surface area (Å²) in [6, 6.07) is 13.0. The van der Waals surface area contributed by atoms with Gasteiger partial charge in [0.15, 0.2) is 0 Å². The molecule has 1 heterocycles. The fraction of sp³-hybridized carbons (Fsp3) is 0.417. The molecule has 1 saturated heterocycles. The molecule has 2 N–H and O–H groups in total. The zero-order valence-corrected chi connectivity index (χ0v) is 18.7. The van der Waals surface area contributed by atoms with E-state index < -0.39 is 5.41 Å². The largest absolute Gasteiger partial charge is 0.497 e. The van der Waals surface area contributed by atoms with Crippen molar-refractivity contribution >= 4 is 17.6 Å². The molecule has 0 unspecified atom stereocenters. The smallest absolute Gasteiger partial charge is 0.321 e. The van der Waals surface area contributed by atoms with Crippen LogP contribution in [0.15, 0.2) is 42.5 Å². The summed E-state index contributed by atoms with van der Waals surface area (Å²) in [6.45, 7) is 5.38. The lowest BCUT2D eigenvalue weighted by Gasteiger charge is -2.39. The number of carbonyl (C=O) groups excluding carboxylic acids is 2. The van der Waals surface area contributed by atoms with Gasteiger partial charge >= 0.3 is 6.03 Å². The van der Waals surface area contributed by atoms with Crippen molar-refractivity contribution in [1.29, 1.82) is 0 Å². The number of urea groups is 1. The van der Waals surface area contributed by atoms with Crippen LogP contribution in [0.5, 0.6) is 11.5 Å². The second kappa shape index (κ2) is 9.73. The van der Waals surface area contributed by atoms with Gasteiger partial charge in [-0.2, -0.15) is 0 Å². The molecule has 7 nitrogen and oxygen atoms in total. The van der Waals surface area contributed by atoms with Gasteiger partial charge in [-0.25, -0.2) is 4.79 Å². The molecular formula is C24H31N3O4. The van der Waals surface area contributed by atoms with Crippen molar-refractivity contribution in [2.45, 2.75) is 33.2 Å². The number of piperidine rings is 1. The number of amides is 3. The van der Waals surface area contributed by atoms with Crippen LogP contribution >= 0.6 is 0 Å². The van der Waals surface area contributed by atoms with Crippen molar-refractivity contribution in [3.63, 3.8) is 0 Å². The van der Waals surface area contributed by atoms with Crippen molar-refractivity contribution < 1.29 is 19.1 Å². The lowest BCUT2D eigenvalue weighted by Crippen LogP contribution is -2.52. The summed E-state index contributed by atoms with van der Waals surface area (Å²) in [5.74, 6) is 1.13. The third kappa shape index (κ3) is 5.29. The number of hydrogen-bond donors (Lipinski definition) is 2. The average molecular weight is 426 g/mol. The van der Waals surface area contributed by atoms with Crippen LogP contribution in [0.2, 0.25) is 0 Å². The van der Waals surface area contributed by atoms with Crippen molar-refractivity contribution in [3.05, 3.63) is 53.6 Å². The Morgan fingerprint density at radius 1 is 1.13 bits per heavy atom. The summed E-state index contributed by atoms with van der Waals surface area (Å²) in [6.07, 6.45) is 1.50. The summed E-state index contributed by atoms with van der Waals surface area (Å²) >= 11 is 0. The van der Waals surface area contributed by atoms with Gasteiger partial charge in [0, 0.05) is 25.7 Å². The Morgan fingerprint density at radius 2 is 1.90 bits per heavy atom. The Morgan fingerprint density at radius 3 is 2.61 bits per heavy atom. The highest BCUT2D eigenvalue weighted by Gasteiger charge is 2.39. The second-order valence-corrected chi connectivity index (χ2v) is 8.19. The molecule has 0 radical (unpaired) electrons. The van der Waals surface area contributed by atoms with Crippen LogP contribution in [0, 0.1) is 12.3 Å². The van der Waals surface area contributed by atoms with Gasteiger partial charge in [0.1, 0.15) is 11.5 Å². The van der Waals surface area contributed by atoms with E-state index in [1.807, 2.05) is 38.1 Å². The van der Waals surface area contributed by atoms with E-state index in [0.717, 1.165) is 24.0 Å². The van der Waals surface area contributed by atoms with Crippen LogP contribution in [0.25, 0.3) is 0 Å². The molecule has 1 aliphatic heterocycles. The van der Waals surface area contributed by atoms with E-state index in [4.69, 9.17) is 9.47 Å². The quantitative estimate of drug-likeness (QED) is 0.734. The van der Waals surface area contributed by atoms with Crippen LogP contribution < -0.4 is 20.1 Å². The van der Waals surface area contributed by atoms with E-state index in [9.17, 15) is 9.59 Å². The lowest BCUT2D eigenvalue weighted by molar-refractivity contribution is -0.132. The number of nitrogens with one attached hydrogen (secondary N) is 2. The second-order valence-electron chi connectivity index (χ2n) is 8.19. The van der Waals surface area contributed by atoms with Crippen molar-refractivity contribution in [2.75, 3.05) is 32.6 Å². The highest BCUT2D eigenvalue weighted by molar-refractivity contribution is 5.92. The van der Waals surface area contributed by atoms with Gasteiger partial charge in [0.05, 0.1) is 25.3 Å². The minimum absolute atomic E-state index is 0.0350. The van der Waals surface area contributed by atoms with Gasteiger partial charge in [0.2, 0.25) is 5.91 Å². The van der Waals surface area contributed by atoms with Crippen molar-refractivity contribution in [1.82, 2.24) is 10.2 Å². The molecule has 0 aromatic heterocycles.